The van der Waals surface area contributed by atoms with Crippen molar-refractivity contribution in [3.8, 4) is 0 Å². The first-order valence-corrected chi connectivity index (χ1v) is 5.77. The molecule has 0 spiro atoms. The Hall–Kier alpha value is -2.76. The number of hydrogen-bond acceptors (Lipinski definition) is 5. The van der Waals surface area contributed by atoms with Crippen LogP contribution in [0.3, 0.4) is 0 Å². The number of rotatable bonds is 3. The van der Waals surface area contributed by atoms with Crippen LogP contribution in [-0.2, 0) is 6.54 Å². The van der Waals surface area contributed by atoms with Crippen molar-refractivity contribution in [2.24, 2.45) is 0 Å². The van der Waals surface area contributed by atoms with Gasteiger partial charge in [-0.1, -0.05) is 0 Å². The van der Waals surface area contributed by atoms with Crippen LogP contribution in [0, 0.1) is 0 Å². The van der Waals surface area contributed by atoms with Gasteiger partial charge in [-0.15, -0.1) is 0 Å². The van der Waals surface area contributed by atoms with Crippen molar-refractivity contribution in [1.29, 1.82) is 0 Å². The average molecular weight is 256 g/mol. The number of nitrogens with one attached hydrogen (secondary N) is 2. The summed E-state index contributed by atoms with van der Waals surface area (Å²) >= 11 is 0. The van der Waals surface area contributed by atoms with E-state index in [1.54, 1.807) is 24.5 Å². The van der Waals surface area contributed by atoms with E-state index in [0.717, 1.165) is 11.3 Å². The summed E-state index contributed by atoms with van der Waals surface area (Å²) in [5.74, 6) is -0.485. The van der Waals surface area contributed by atoms with E-state index in [1.807, 2.05) is 12.1 Å². The molecule has 6 heteroatoms. The minimum atomic E-state index is -0.485. The number of nitrogens with zero attached hydrogens (tertiary/aromatic N) is 1. The molecule has 1 aromatic carbocycles. The van der Waals surface area contributed by atoms with Gasteiger partial charge in [-0.25, -0.2) is 4.79 Å². The highest BCUT2D eigenvalue weighted by Crippen LogP contribution is 2.24. The normalized spacial score (nSPS) is 10.7. The Morgan fingerprint density at radius 1 is 1.32 bits per heavy atom. The smallest absolute Gasteiger partial charge is 0.408 e. The Kier molecular flexibility index (Phi) is 2.68. The third-order valence-corrected chi connectivity index (χ3v) is 2.82. The fourth-order valence-corrected chi connectivity index (χ4v) is 1.86. The molecule has 2 aromatic heterocycles. The van der Waals surface area contributed by atoms with Crippen LogP contribution in [0.2, 0.25) is 0 Å². The van der Waals surface area contributed by atoms with E-state index in [4.69, 9.17) is 10.2 Å². The predicted molar refractivity (Wildman–Crippen MR) is 72.8 cm³/mol. The van der Waals surface area contributed by atoms with Gasteiger partial charge in [-0.05, 0) is 23.8 Å². The van der Waals surface area contributed by atoms with Gasteiger partial charge in [0.25, 0.3) is 0 Å². The Balaban J connectivity index is 1.88. The average Bonchev–Trinajstić information content (AvgIpc) is 2.76. The van der Waals surface area contributed by atoms with Gasteiger partial charge in [-0.3, -0.25) is 9.97 Å². The van der Waals surface area contributed by atoms with Crippen LogP contribution >= 0.6 is 0 Å². The molecule has 0 radical (unpaired) electrons. The summed E-state index contributed by atoms with van der Waals surface area (Å²) in [6.07, 6.45) is 3.47. The van der Waals surface area contributed by atoms with Gasteiger partial charge < -0.3 is 15.5 Å². The van der Waals surface area contributed by atoms with Crippen LogP contribution in [0.25, 0.3) is 11.1 Å². The first kappa shape index (κ1) is 11.3. The van der Waals surface area contributed by atoms with Crippen molar-refractivity contribution in [1.82, 2.24) is 9.97 Å². The lowest BCUT2D eigenvalue weighted by Gasteiger charge is -2.09. The summed E-state index contributed by atoms with van der Waals surface area (Å²) in [6.45, 7) is 0.625. The van der Waals surface area contributed by atoms with Gasteiger partial charge in [0, 0.05) is 25.0 Å². The molecule has 19 heavy (non-hydrogen) atoms. The van der Waals surface area contributed by atoms with E-state index >= 15 is 0 Å². The number of nitrogen functional groups attached to an aromatic ring is 1. The molecule has 4 N–H and O–H groups in total. The van der Waals surface area contributed by atoms with Crippen LogP contribution in [0.5, 0.6) is 0 Å². The number of benzene rings is 1. The predicted octanol–water partition coefficient (Wildman–Crippen LogP) is 1.71. The van der Waals surface area contributed by atoms with E-state index in [2.05, 4.69) is 15.3 Å². The first-order chi connectivity index (χ1) is 9.22. The van der Waals surface area contributed by atoms with Gasteiger partial charge in [0.05, 0.1) is 16.9 Å². The number of fused-ring (bicyclic) bond motifs is 1. The van der Waals surface area contributed by atoms with Crippen LogP contribution in [0.4, 0.5) is 11.4 Å². The lowest BCUT2D eigenvalue weighted by Crippen LogP contribution is -2.02. The van der Waals surface area contributed by atoms with E-state index in [-0.39, 0.29) is 0 Å². The van der Waals surface area contributed by atoms with Crippen molar-refractivity contribution < 1.29 is 4.42 Å². The fourth-order valence-electron chi connectivity index (χ4n) is 1.86. The third kappa shape index (κ3) is 2.28. The second kappa shape index (κ2) is 4.49. The Bertz CT molecular complexity index is 761. The van der Waals surface area contributed by atoms with E-state index in [0.29, 0.717) is 23.3 Å². The number of nitrogens with two attached hydrogens (primary N) is 1. The first-order valence-electron chi connectivity index (χ1n) is 5.77. The quantitative estimate of drug-likeness (QED) is 0.620. The monoisotopic (exact) mass is 256 g/mol. The largest absolute Gasteiger partial charge is 0.417 e. The highest BCUT2D eigenvalue weighted by molar-refractivity contribution is 5.85. The zero-order valence-corrected chi connectivity index (χ0v) is 10.0. The second-order valence-corrected chi connectivity index (χ2v) is 4.16. The summed E-state index contributed by atoms with van der Waals surface area (Å²) in [5, 5.41) is 3.21. The van der Waals surface area contributed by atoms with Crippen LogP contribution < -0.4 is 16.8 Å². The summed E-state index contributed by atoms with van der Waals surface area (Å²) in [4.78, 5) is 17.7. The molecule has 96 valence electrons. The molecular weight excluding hydrogens is 244 g/mol. The minimum absolute atomic E-state index is 0.456. The summed E-state index contributed by atoms with van der Waals surface area (Å²) in [5.41, 5.74) is 9.36. The minimum Gasteiger partial charge on any atom is -0.408 e. The molecule has 0 unspecified atom stereocenters. The van der Waals surface area contributed by atoms with Gasteiger partial charge in [0.15, 0.2) is 5.58 Å². The van der Waals surface area contributed by atoms with Crippen molar-refractivity contribution in [3.05, 3.63) is 52.8 Å². The van der Waals surface area contributed by atoms with Crippen molar-refractivity contribution in [2.75, 3.05) is 11.1 Å². The molecule has 0 aliphatic carbocycles. The number of oxazole rings is 1. The van der Waals surface area contributed by atoms with E-state index in [1.165, 1.54) is 0 Å². The van der Waals surface area contributed by atoms with Gasteiger partial charge in [0.2, 0.25) is 0 Å². The summed E-state index contributed by atoms with van der Waals surface area (Å²) < 4.78 is 4.94. The maximum Gasteiger partial charge on any atom is 0.417 e. The third-order valence-electron chi connectivity index (χ3n) is 2.82. The zero-order chi connectivity index (χ0) is 13.2. The van der Waals surface area contributed by atoms with Crippen molar-refractivity contribution >= 4 is 22.5 Å². The molecule has 3 rings (SSSR count). The molecule has 0 saturated carbocycles. The van der Waals surface area contributed by atoms with Crippen LogP contribution in [0.1, 0.15) is 5.56 Å². The Labute approximate surface area is 108 Å². The zero-order valence-electron chi connectivity index (χ0n) is 10.0. The highest BCUT2D eigenvalue weighted by Gasteiger charge is 2.06. The van der Waals surface area contributed by atoms with Crippen LogP contribution in [0.15, 0.2) is 45.9 Å². The summed E-state index contributed by atoms with van der Waals surface area (Å²) in [7, 11) is 0. The molecular formula is C13H12N4O2. The number of anilines is 2. The molecule has 0 saturated heterocycles. The van der Waals surface area contributed by atoms with E-state index in [9.17, 15) is 4.79 Å². The summed E-state index contributed by atoms with van der Waals surface area (Å²) in [6, 6.07) is 7.22. The van der Waals surface area contributed by atoms with Gasteiger partial charge >= 0.3 is 5.76 Å². The molecule has 0 aliphatic heterocycles. The number of aromatic amines is 1. The Morgan fingerprint density at radius 3 is 2.89 bits per heavy atom. The van der Waals surface area contributed by atoms with Crippen LogP contribution in [-0.4, -0.2) is 9.97 Å². The molecule has 2 heterocycles. The van der Waals surface area contributed by atoms with Gasteiger partial charge in [0.1, 0.15) is 0 Å². The SMILES string of the molecule is Nc1cc2oc(=O)[nH]c2cc1NCc1ccncc1. The number of aromatic nitrogens is 2. The number of pyridine rings is 1. The maximum absolute atomic E-state index is 11.1. The number of H-pyrrole nitrogens is 1. The molecule has 0 amide bonds. The van der Waals surface area contributed by atoms with Gasteiger partial charge in [-0.2, -0.15) is 0 Å². The molecule has 0 aliphatic rings. The fraction of sp³-hybridized carbons (Fsp3) is 0.0769. The molecule has 0 fully saturated rings. The van der Waals surface area contributed by atoms with E-state index < -0.39 is 5.76 Å². The standard InChI is InChI=1S/C13H12N4O2/c14-9-5-12-11(17-13(18)19-12)6-10(9)16-7-8-1-3-15-4-2-8/h1-6,16H,7,14H2,(H,17,18). The Morgan fingerprint density at radius 2 is 2.11 bits per heavy atom. The molecule has 0 bridgehead atoms. The number of hydrogen-bond donors (Lipinski definition) is 3. The highest BCUT2D eigenvalue weighted by atomic mass is 16.4. The van der Waals surface area contributed by atoms with Crippen molar-refractivity contribution in [3.63, 3.8) is 0 Å². The molecule has 3 aromatic rings. The lowest BCUT2D eigenvalue weighted by molar-refractivity contribution is 0.555. The maximum atomic E-state index is 11.1. The topological polar surface area (TPSA) is 96.9 Å². The second-order valence-electron chi connectivity index (χ2n) is 4.16. The lowest BCUT2D eigenvalue weighted by atomic mass is 10.2. The van der Waals surface area contributed by atoms with Crippen molar-refractivity contribution in [2.45, 2.75) is 6.54 Å². The molecule has 6 nitrogen and oxygen atoms in total. The molecule has 0 atom stereocenters.